The maximum Gasteiger partial charge on any atom is 0.304 e. The molecule has 1 aromatic carbocycles. The van der Waals surface area contributed by atoms with Crippen molar-refractivity contribution in [2.75, 3.05) is 0 Å². The van der Waals surface area contributed by atoms with E-state index in [0.29, 0.717) is 6.42 Å². The van der Waals surface area contributed by atoms with Crippen molar-refractivity contribution in [1.29, 1.82) is 5.26 Å². The lowest BCUT2D eigenvalue weighted by Crippen LogP contribution is -2.31. The predicted molar refractivity (Wildman–Crippen MR) is 55.9 cm³/mol. The first-order chi connectivity index (χ1) is 7.06. The zero-order chi connectivity index (χ0) is 11.3. The first-order valence-corrected chi connectivity index (χ1v) is 4.70. The van der Waals surface area contributed by atoms with Gasteiger partial charge in [0.15, 0.2) is 5.60 Å². The van der Waals surface area contributed by atoms with Gasteiger partial charge in [-0.2, -0.15) is 5.26 Å². The van der Waals surface area contributed by atoms with Crippen LogP contribution in [0.1, 0.15) is 19.4 Å². The molecule has 0 heterocycles. The number of benzene rings is 1. The van der Waals surface area contributed by atoms with E-state index >= 15 is 0 Å². The number of carbonyl (C=O) groups is 1. The van der Waals surface area contributed by atoms with Crippen LogP contribution in [0.3, 0.4) is 0 Å². The highest BCUT2D eigenvalue weighted by Crippen LogP contribution is 2.16. The lowest BCUT2D eigenvalue weighted by Gasteiger charge is -2.21. The molecule has 0 N–H and O–H groups in total. The van der Waals surface area contributed by atoms with Gasteiger partial charge < -0.3 is 4.74 Å². The Hall–Kier alpha value is -1.82. The first-order valence-electron chi connectivity index (χ1n) is 4.70. The van der Waals surface area contributed by atoms with E-state index in [2.05, 4.69) is 0 Å². The van der Waals surface area contributed by atoms with Gasteiger partial charge in [0.25, 0.3) is 0 Å². The highest BCUT2D eigenvalue weighted by Gasteiger charge is 2.27. The minimum Gasteiger partial charge on any atom is -0.444 e. The van der Waals surface area contributed by atoms with Gasteiger partial charge in [-0.05, 0) is 12.5 Å². The summed E-state index contributed by atoms with van der Waals surface area (Å²) in [6.07, 6.45) is 0.407. The lowest BCUT2D eigenvalue weighted by atomic mass is 9.98. The Morgan fingerprint density at radius 1 is 1.47 bits per heavy atom. The van der Waals surface area contributed by atoms with Crippen LogP contribution in [0.15, 0.2) is 30.3 Å². The van der Waals surface area contributed by atoms with Gasteiger partial charge in [-0.15, -0.1) is 0 Å². The Morgan fingerprint density at radius 3 is 2.53 bits per heavy atom. The molecule has 78 valence electrons. The molecule has 0 aromatic heterocycles. The molecular weight excluding hydrogens is 190 g/mol. The Kier molecular flexibility index (Phi) is 3.46. The minimum atomic E-state index is -1.08. The summed E-state index contributed by atoms with van der Waals surface area (Å²) in [6, 6.07) is 11.5. The SMILES string of the molecule is CC(=O)O[C@](C)(C#N)Cc1ccccc1. The van der Waals surface area contributed by atoms with E-state index in [0.717, 1.165) is 5.56 Å². The van der Waals surface area contributed by atoms with Gasteiger partial charge in [0.1, 0.15) is 6.07 Å². The van der Waals surface area contributed by atoms with Gasteiger partial charge in [-0.1, -0.05) is 30.3 Å². The summed E-state index contributed by atoms with van der Waals surface area (Å²) in [6.45, 7) is 2.92. The van der Waals surface area contributed by atoms with E-state index in [4.69, 9.17) is 10.00 Å². The molecule has 0 radical (unpaired) electrons. The van der Waals surface area contributed by atoms with Crippen molar-refractivity contribution in [3.8, 4) is 6.07 Å². The second kappa shape index (κ2) is 4.61. The number of nitriles is 1. The van der Waals surface area contributed by atoms with E-state index in [1.165, 1.54) is 6.92 Å². The topological polar surface area (TPSA) is 50.1 Å². The molecule has 0 aliphatic rings. The first kappa shape index (κ1) is 11.3. The quantitative estimate of drug-likeness (QED) is 0.706. The number of hydrogen-bond donors (Lipinski definition) is 0. The third kappa shape index (κ3) is 3.43. The van der Waals surface area contributed by atoms with Crippen molar-refractivity contribution >= 4 is 5.97 Å². The summed E-state index contributed by atoms with van der Waals surface area (Å²) >= 11 is 0. The van der Waals surface area contributed by atoms with Gasteiger partial charge in [0.2, 0.25) is 0 Å². The van der Waals surface area contributed by atoms with Crippen LogP contribution in [0, 0.1) is 11.3 Å². The summed E-state index contributed by atoms with van der Waals surface area (Å²) in [4.78, 5) is 10.8. The summed E-state index contributed by atoms with van der Waals surface area (Å²) in [7, 11) is 0. The fourth-order valence-corrected chi connectivity index (χ4v) is 1.40. The largest absolute Gasteiger partial charge is 0.444 e. The molecule has 0 aliphatic carbocycles. The molecule has 0 saturated heterocycles. The van der Waals surface area contributed by atoms with Crippen molar-refractivity contribution in [3.63, 3.8) is 0 Å². The predicted octanol–water partition coefficient (Wildman–Crippen LogP) is 2.07. The van der Waals surface area contributed by atoms with Crippen LogP contribution in [0.25, 0.3) is 0 Å². The average Bonchev–Trinajstić information content (AvgIpc) is 2.18. The standard InChI is InChI=1S/C12H13NO2/c1-10(14)15-12(2,9-13)8-11-6-4-3-5-7-11/h3-7H,8H2,1-2H3/t12-/m0/s1. The van der Waals surface area contributed by atoms with Crippen LogP contribution in [0.4, 0.5) is 0 Å². The molecule has 0 amide bonds. The van der Waals surface area contributed by atoms with Gasteiger partial charge in [0.05, 0.1) is 0 Å². The number of hydrogen-bond acceptors (Lipinski definition) is 3. The third-order valence-electron chi connectivity index (χ3n) is 1.99. The second-order valence-corrected chi connectivity index (χ2v) is 3.60. The molecule has 0 fully saturated rings. The number of carbonyl (C=O) groups excluding carboxylic acids is 1. The van der Waals surface area contributed by atoms with E-state index in [9.17, 15) is 4.79 Å². The molecule has 15 heavy (non-hydrogen) atoms. The van der Waals surface area contributed by atoms with Crippen molar-refractivity contribution < 1.29 is 9.53 Å². The van der Waals surface area contributed by atoms with Gasteiger partial charge in [-0.25, -0.2) is 0 Å². The fourth-order valence-electron chi connectivity index (χ4n) is 1.40. The number of rotatable bonds is 3. The lowest BCUT2D eigenvalue weighted by molar-refractivity contribution is -0.150. The van der Waals surface area contributed by atoms with Crippen LogP contribution in [-0.4, -0.2) is 11.6 Å². The van der Waals surface area contributed by atoms with Crippen molar-refractivity contribution in [3.05, 3.63) is 35.9 Å². The molecule has 3 nitrogen and oxygen atoms in total. The second-order valence-electron chi connectivity index (χ2n) is 3.60. The highest BCUT2D eigenvalue weighted by atomic mass is 16.6. The maximum atomic E-state index is 10.8. The minimum absolute atomic E-state index is 0.407. The van der Waals surface area contributed by atoms with Crippen LogP contribution in [0.2, 0.25) is 0 Å². The Balaban J connectivity index is 2.78. The normalized spacial score (nSPS) is 13.7. The molecule has 1 atom stereocenters. The molecule has 0 bridgehead atoms. The smallest absolute Gasteiger partial charge is 0.304 e. The van der Waals surface area contributed by atoms with Crippen LogP contribution in [-0.2, 0) is 16.0 Å². The van der Waals surface area contributed by atoms with Gasteiger partial charge >= 0.3 is 5.97 Å². The van der Waals surface area contributed by atoms with Crippen LogP contribution in [0.5, 0.6) is 0 Å². The maximum absolute atomic E-state index is 10.8. The molecule has 0 saturated carbocycles. The molecule has 1 aromatic rings. The summed E-state index contributed by atoms with van der Waals surface area (Å²) in [5.74, 6) is -0.435. The molecular formula is C12H13NO2. The van der Waals surface area contributed by atoms with Crippen molar-refractivity contribution in [2.45, 2.75) is 25.9 Å². The van der Waals surface area contributed by atoms with E-state index < -0.39 is 11.6 Å². The van der Waals surface area contributed by atoms with E-state index in [-0.39, 0.29) is 0 Å². The van der Waals surface area contributed by atoms with Crippen LogP contribution >= 0.6 is 0 Å². The average molecular weight is 203 g/mol. The highest BCUT2D eigenvalue weighted by molar-refractivity contribution is 5.67. The molecule has 3 heteroatoms. The molecule has 0 unspecified atom stereocenters. The molecule has 1 rings (SSSR count). The molecule has 0 aliphatic heterocycles. The van der Waals surface area contributed by atoms with Gasteiger partial charge in [-0.3, -0.25) is 4.79 Å². The van der Waals surface area contributed by atoms with Crippen LogP contribution < -0.4 is 0 Å². The Bertz CT molecular complexity index is 380. The zero-order valence-electron chi connectivity index (χ0n) is 8.86. The number of nitrogens with zero attached hydrogens (tertiary/aromatic N) is 1. The fraction of sp³-hybridized carbons (Fsp3) is 0.333. The Labute approximate surface area is 89.3 Å². The van der Waals surface area contributed by atoms with E-state index in [1.54, 1.807) is 6.92 Å². The van der Waals surface area contributed by atoms with E-state index in [1.807, 2.05) is 36.4 Å². The monoisotopic (exact) mass is 203 g/mol. The van der Waals surface area contributed by atoms with Crippen molar-refractivity contribution in [1.82, 2.24) is 0 Å². The number of ether oxygens (including phenoxy) is 1. The zero-order valence-corrected chi connectivity index (χ0v) is 8.86. The molecule has 0 spiro atoms. The summed E-state index contributed by atoms with van der Waals surface area (Å²) in [5.41, 5.74) is -0.101. The Morgan fingerprint density at radius 2 is 2.07 bits per heavy atom. The van der Waals surface area contributed by atoms with Gasteiger partial charge in [0, 0.05) is 13.3 Å². The third-order valence-corrected chi connectivity index (χ3v) is 1.99. The summed E-state index contributed by atoms with van der Waals surface area (Å²) < 4.78 is 4.99. The number of esters is 1. The summed E-state index contributed by atoms with van der Waals surface area (Å²) in [5, 5.41) is 8.97. The van der Waals surface area contributed by atoms with Crippen molar-refractivity contribution in [2.24, 2.45) is 0 Å².